The van der Waals surface area contributed by atoms with Crippen molar-refractivity contribution >= 4 is 0 Å². The third-order valence-electron chi connectivity index (χ3n) is 5.86. The molecule has 0 aromatic heterocycles. The Morgan fingerprint density at radius 2 is 1.96 bits per heavy atom. The lowest BCUT2D eigenvalue weighted by Crippen LogP contribution is -2.47. The molecule has 1 aromatic carbocycles. The fourth-order valence-electron chi connectivity index (χ4n) is 4.40. The minimum atomic E-state index is 0.0556. The van der Waals surface area contributed by atoms with Gasteiger partial charge >= 0.3 is 0 Å². The van der Waals surface area contributed by atoms with Crippen LogP contribution < -0.4 is 10.1 Å². The number of para-hydroxylation sites is 1. The Balaban J connectivity index is 1.43. The first kappa shape index (κ1) is 18.7. The van der Waals surface area contributed by atoms with Gasteiger partial charge < -0.3 is 20.1 Å². The van der Waals surface area contributed by atoms with E-state index in [0.717, 1.165) is 24.3 Å². The summed E-state index contributed by atoms with van der Waals surface area (Å²) >= 11 is 0. The maximum Gasteiger partial charge on any atom is 0.123 e. The fourth-order valence-corrected chi connectivity index (χ4v) is 4.40. The molecule has 2 atom stereocenters. The Morgan fingerprint density at radius 1 is 1.16 bits per heavy atom. The number of nitrogens with zero attached hydrogens (tertiary/aromatic N) is 1. The zero-order valence-electron chi connectivity index (χ0n) is 15.6. The van der Waals surface area contributed by atoms with Gasteiger partial charge in [0.2, 0.25) is 0 Å². The van der Waals surface area contributed by atoms with E-state index in [9.17, 15) is 0 Å². The zero-order chi connectivity index (χ0) is 17.5. The molecule has 1 saturated carbocycles. The van der Waals surface area contributed by atoms with Crippen molar-refractivity contribution in [1.82, 2.24) is 10.2 Å². The molecule has 4 nitrogen and oxygen atoms in total. The highest BCUT2D eigenvalue weighted by atomic mass is 16.5. The number of aliphatic hydroxyl groups excluding tert-OH is 1. The molecule has 25 heavy (non-hydrogen) atoms. The van der Waals surface area contributed by atoms with Gasteiger partial charge in [0.05, 0.1) is 6.61 Å². The molecule has 4 heteroatoms. The summed E-state index contributed by atoms with van der Waals surface area (Å²) in [6.07, 6.45) is 8.11. The van der Waals surface area contributed by atoms with Crippen molar-refractivity contribution < 1.29 is 9.84 Å². The average Bonchev–Trinajstić information content (AvgIpc) is 2.66. The lowest BCUT2D eigenvalue weighted by atomic mass is 9.85. The molecule has 1 aromatic rings. The Kier molecular flexibility index (Phi) is 7.14. The van der Waals surface area contributed by atoms with Crippen LogP contribution in [0.1, 0.15) is 51.0 Å². The summed E-state index contributed by atoms with van der Waals surface area (Å²) in [5, 5.41) is 12.7. The standard InChI is InChI=1S/C21H34N2O2/c1-17-5-4-7-20(15-17)23-11-9-19(10-12-23)22-16-18-6-2-3-8-21(18)25-14-13-24/h2-3,6,8,17,19-20,22,24H,4-5,7,9-16H2,1H3. The van der Waals surface area contributed by atoms with Crippen molar-refractivity contribution in [2.45, 2.75) is 64.1 Å². The number of aliphatic hydroxyl groups is 1. The summed E-state index contributed by atoms with van der Waals surface area (Å²) in [5.41, 5.74) is 1.18. The maximum atomic E-state index is 8.96. The number of hydrogen-bond donors (Lipinski definition) is 2. The summed E-state index contributed by atoms with van der Waals surface area (Å²) < 4.78 is 5.63. The highest BCUT2D eigenvalue weighted by Gasteiger charge is 2.28. The summed E-state index contributed by atoms with van der Waals surface area (Å²) in [5.74, 6) is 1.79. The first-order valence-corrected chi connectivity index (χ1v) is 10.0. The van der Waals surface area contributed by atoms with E-state index in [4.69, 9.17) is 9.84 Å². The number of benzene rings is 1. The minimum Gasteiger partial charge on any atom is -0.491 e. The second-order valence-corrected chi connectivity index (χ2v) is 7.80. The quantitative estimate of drug-likeness (QED) is 0.796. The second kappa shape index (κ2) is 9.56. The molecule has 2 unspecified atom stereocenters. The first-order chi connectivity index (χ1) is 12.3. The Hall–Kier alpha value is -1.10. The molecule has 0 radical (unpaired) electrons. The number of piperidine rings is 1. The van der Waals surface area contributed by atoms with Crippen LogP contribution in [0.4, 0.5) is 0 Å². The molecule has 0 bridgehead atoms. The number of likely N-dealkylation sites (tertiary alicyclic amines) is 1. The first-order valence-electron chi connectivity index (χ1n) is 10.0. The van der Waals surface area contributed by atoms with Crippen LogP contribution in [0.2, 0.25) is 0 Å². The van der Waals surface area contributed by atoms with Crippen molar-refractivity contribution in [2.75, 3.05) is 26.3 Å². The number of ether oxygens (including phenoxy) is 1. The van der Waals surface area contributed by atoms with Crippen LogP contribution >= 0.6 is 0 Å². The highest BCUT2D eigenvalue weighted by Crippen LogP contribution is 2.29. The van der Waals surface area contributed by atoms with Crippen LogP contribution in [0.5, 0.6) is 5.75 Å². The van der Waals surface area contributed by atoms with Crippen LogP contribution in [0.3, 0.4) is 0 Å². The Labute approximate surface area is 152 Å². The van der Waals surface area contributed by atoms with Gasteiger partial charge in [0, 0.05) is 24.2 Å². The fraction of sp³-hybridized carbons (Fsp3) is 0.714. The predicted molar refractivity (Wildman–Crippen MR) is 102 cm³/mol. The van der Waals surface area contributed by atoms with Gasteiger partial charge in [0.15, 0.2) is 0 Å². The SMILES string of the molecule is CC1CCCC(N2CCC(NCc3ccccc3OCCO)CC2)C1. The van der Waals surface area contributed by atoms with Crippen LogP contribution in [-0.4, -0.2) is 48.4 Å². The second-order valence-electron chi connectivity index (χ2n) is 7.80. The van der Waals surface area contributed by atoms with Gasteiger partial charge in [-0.15, -0.1) is 0 Å². The Morgan fingerprint density at radius 3 is 2.72 bits per heavy atom. The molecule has 2 N–H and O–H groups in total. The predicted octanol–water partition coefficient (Wildman–Crippen LogP) is 3.19. The van der Waals surface area contributed by atoms with Crippen LogP contribution in [-0.2, 0) is 6.54 Å². The van der Waals surface area contributed by atoms with Gasteiger partial charge in [0.25, 0.3) is 0 Å². The molecule has 3 rings (SSSR count). The monoisotopic (exact) mass is 346 g/mol. The lowest BCUT2D eigenvalue weighted by molar-refractivity contribution is 0.100. The molecule has 0 spiro atoms. The largest absolute Gasteiger partial charge is 0.491 e. The molecular weight excluding hydrogens is 312 g/mol. The van der Waals surface area contributed by atoms with Gasteiger partial charge in [-0.2, -0.15) is 0 Å². The van der Waals surface area contributed by atoms with Crippen molar-refractivity contribution in [3.05, 3.63) is 29.8 Å². The summed E-state index contributed by atoms with van der Waals surface area (Å²) in [7, 11) is 0. The zero-order valence-corrected chi connectivity index (χ0v) is 15.6. The molecule has 0 amide bonds. The molecule has 1 aliphatic heterocycles. The van der Waals surface area contributed by atoms with E-state index in [1.54, 1.807) is 0 Å². The van der Waals surface area contributed by atoms with Gasteiger partial charge in [0.1, 0.15) is 12.4 Å². The normalized spacial score (nSPS) is 25.8. The molecule has 1 saturated heterocycles. The van der Waals surface area contributed by atoms with E-state index < -0.39 is 0 Å². The molecular formula is C21H34N2O2. The average molecular weight is 347 g/mol. The number of nitrogens with one attached hydrogen (secondary N) is 1. The van der Waals surface area contributed by atoms with E-state index in [1.165, 1.54) is 57.2 Å². The lowest BCUT2D eigenvalue weighted by Gasteiger charge is -2.41. The molecule has 2 fully saturated rings. The van der Waals surface area contributed by atoms with Gasteiger partial charge in [-0.05, 0) is 50.8 Å². The van der Waals surface area contributed by atoms with Crippen molar-refractivity contribution in [2.24, 2.45) is 5.92 Å². The van der Waals surface area contributed by atoms with Crippen LogP contribution in [0.15, 0.2) is 24.3 Å². The maximum absolute atomic E-state index is 8.96. The van der Waals surface area contributed by atoms with Crippen molar-refractivity contribution in [3.63, 3.8) is 0 Å². The van der Waals surface area contributed by atoms with Crippen molar-refractivity contribution in [3.8, 4) is 5.75 Å². The topological polar surface area (TPSA) is 44.7 Å². The smallest absolute Gasteiger partial charge is 0.123 e. The summed E-state index contributed by atoms with van der Waals surface area (Å²) in [4.78, 5) is 2.74. The summed E-state index contributed by atoms with van der Waals surface area (Å²) in [6, 6.07) is 9.56. The van der Waals surface area contributed by atoms with E-state index in [0.29, 0.717) is 12.6 Å². The third-order valence-corrected chi connectivity index (χ3v) is 5.86. The highest BCUT2D eigenvalue weighted by molar-refractivity contribution is 5.33. The van der Waals surface area contributed by atoms with E-state index >= 15 is 0 Å². The number of rotatable bonds is 7. The van der Waals surface area contributed by atoms with Gasteiger partial charge in [-0.3, -0.25) is 0 Å². The Bertz CT molecular complexity index is 514. The molecule has 140 valence electrons. The van der Waals surface area contributed by atoms with Crippen molar-refractivity contribution in [1.29, 1.82) is 0 Å². The molecule has 1 aliphatic carbocycles. The van der Waals surface area contributed by atoms with Crippen LogP contribution in [0.25, 0.3) is 0 Å². The number of hydrogen-bond acceptors (Lipinski definition) is 4. The van der Waals surface area contributed by atoms with Gasteiger partial charge in [-0.25, -0.2) is 0 Å². The molecule has 1 heterocycles. The summed E-state index contributed by atoms with van der Waals surface area (Å²) in [6.45, 7) is 6.13. The van der Waals surface area contributed by atoms with E-state index in [-0.39, 0.29) is 6.61 Å². The third kappa shape index (κ3) is 5.44. The minimum absolute atomic E-state index is 0.0556. The van der Waals surface area contributed by atoms with Crippen LogP contribution in [0, 0.1) is 5.92 Å². The molecule has 2 aliphatic rings. The van der Waals surface area contributed by atoms with Gasteiger partial charge in [-0.1, -0.05) is 38.0 Å². The van der Waals surface area contributed by atoms with E-state index in [1.807, 2.05) is 12.1 Å². The van der Waals surface area contributed by atoms with E-state index in [2.05, 4.69) is 29.3 Å².